The Morgan fingerprint density at radius 2 is 2.11 bits per heavy atom. The van der Waals surface area contributed by atoms with Gasteiger partial charge >= 0.3 is 0 Å². The summed E-state index contributed by atoms with van der Waals surface area (Å²) in [7, 11) is 1.51. The molecule has 0 fully saturated rings. The summed E-state index contributed by atoms with van der Waals surface area (Å²) in [5, 5.41) is 18.0. The molecular formula is C20H18ClN3O3S. The number of nitrogens with zero attached hydrogens (tertiary/aromatic N) is 2. The van der Waals surface area contributed by atoms with Crippen molar-refractivity contribution in [1.29, 1.82) is 0 Å². The van der Waals surface area contributed by atoms with Crippen LogP contribution in [0, 0.1) is 6.92 Å². The van der Waals surface area contributed by atoms with E-state index < -0.39 is 0 Å². The minimum atomic E-state index is -0.153. The molecule has 1 aromatic heterocycles. The lowest BCUT2D eigenvalue weighted by Gasteiger charge is -2.17. The largest absolute Gasteiger partial charge is 0.504 e. The third-order valence-electron chi connectivity index (χ3n) is 4.59. The van der Waals surface area contributed by atoms with Crippen LogP contribution in [0.3, 0.4) is 0 Å². The highest BCUT2D eigenvalue weighted by Gasteiger charge is 2.31. The molecular weight excluding hydrogens is 398 g/mol. The number of ether oxygens (including phenoxy) is 1. The maximum absolute atomic E-state index is 12.4. The summed E-state index contributed by atoms with van der Waals surface area (Å²) >= 11 is 7.88. The van der Waals surface area contributed by atoms with E-state index in [1.165, 1.54) is 18.9 Å². The van der Waals surface area contributed by atoms with Crippen LogP contribution in [0.25, 0.3) is 5.69 Å². The SMILES string of the molecule is COc1cc(C2SCC(=O)Nc3c2c(C)nn3-c2ccccc2Cl)ccc1O. The summed E-state index contributed by atoms with van der Waals surface area (Å²) in [5.74, 6) is 1.26. The van der Waals surface area contributed by atoms with Crippen LogP contribution in [0.5, 0.6) is 11.5 Å². The maximum Gasteiger partial charge on any atom is 0.235 e. The van der Waals surface area contributed by atoms with Gasteiger partial charge in [-0.3, -0.25) is 4.79 Å². The van der Waals surface area contributed by atoms with Gasteiger partial charge in [-0.25, -0.2) is 4.68 Å². The van der Waals surface area contributed by atoms with Crippen LogP contribution in [-0.2, 0) is 4.79 Å². The summed E-state index contributed by atoms with van der Waals surface area (Å²) in [6, 6.07) is 12.6. The average Bonchev–Trinajstić information content (AvgIpc) is 2.88. The molecule has 1 unspecified atom stereocenters. The van der Waals surface area contributed by atoms with Gasteiger partial charge in [0, 0.05) is 5.56 Å². The lowest BCUT2D eigenvalue weighted by Crippen LogP contribution is -2.16. The third-order valence-corrected chi connectivity index (χ3v) is 6.18. The second kappa shape index (κ2) is 7.41. The zero-order chi connectivity index (χ0) is 19.8. The van der Waals surface area contributed by atoms with Gasteiger partial charge in [0.05, 0.1) is 34.5 Å². The monoisotopic (exact) mass is 415 g/mol. The number of fused-ring (bicyclic) bond motifs is 1. The van der Waals surface area contributed by atoms with Crippen LogP contribution in [-0.4, -0.2) is 33.7 Å². The Balaban J connectivity index is 1.90. The van der Waals surface area contributed by atoms with E-state index in [9.17, 15) is 9.90 Å². The molecule has 1 atom stereocenters. The molecule has 0 saturated heterocycles. The Morgan fingerprint density at radius 1 is 1.32 bits per heavy atom. The van der Waals surface area contributed by atoms with Gasteiger partial charge in [-0.15, -0.1) is 11.8 Å². The van der Waals surface area contributed by atoms with Gasteiger partial charge in [0.1, 0.15) is 5.82 Å². The zero-order valence-electron chi connectivity index (χ0n) is 15.3. The second-order valence-corrected chi connectivity index (χ2v) is 7.88. The predicted octanol–water partition coefficient (Wildman–Crippen LogP) is 4.32. The quantitative estimate of drug-likeness (QED) is 0.666. The highest BCUT2D eigenvalue weighted by atomic mass is 35.5. The summed E-state index contributed by atoms with van der Waals surface area (Å²) < 4.78 is 6.94. The second-order valence-electron chi connectivity index (χ2n) is 6.38. The van der Waals surface area contributed by atoms with E-state index in [1.54, 1.807) is 22.9 Å². The molecule has 28 heavy (non-hydrogen) atoms. The van der Waals surface area contributed by atoms with Gasteiger partial charge in [-0.2, -0.15) is 5.10 Å². The summed E-state index contributed by atoms with van der Waals surface area (Å²) in [4.78, 5) is 12.4. The van der Waals surface area contributed by atoms with Crippen molar-refractivity contribution in [3.63, 3.8) is 0 Å². The smallest absolute Gasteiger partial charge is 0.235 e. The molecule has 8 heteroatoms. The number of carbonyl (C=O) groups is 1. The van der Waals surface area contributed by atoms with Crippen molar-refractivity contribution in [1.82, 2.24) is 9.78 Å². The molecule has 2 N–H and O–H groups in total. The van der Waals surface area contributed by atoms with Crippen LogP contribution in [0.1, 0.15) is 22.1 Å². The number of halogens is 1. The van der Waals surface area contributed by atoms with Crippen LogP contribution in [0.4, 0.5) is 5.82 Å². The van der Waals surface area contributed by atoms with Crippen molar-refractivity contribution in [3.05, 3.63) is 64.3 Å². The molecule has 0 radical (unpaired) electrons. The molecule has 6 nitrogen and oxygen atoms in total. The number of aryl methyl sites for hydroxylation is 1. The van der Waals surface area contributed by atoms with Crippen molar-refractivity contribution in [2.45, 2.75) is 12.2 Å². The Kier molecular flexibility index (Phi) is 4.95. The van der Waals surface area contributed by atoms with E-state index in [0.717, 1.165) is 16.8 Å². The number of hydrogen-bond donors (Lipinski definition) is 2. The summed E-state index contributed by atoms with van der Waals surface area (Å²) in [5.41, 5.74) is 3.31. The van der Waals surface area contributed by atoms with Crippen molar-refractivity contribution < 1.29 is 14.6 Å². The molecule has 3 aromatic rings. The normalized spacial score (nSPS) is 16.2. The minimum absolute atomic E-state index is 0.0720. The number of phenolic OH excluding ortho intramolecular Hbond substituents is 1. The van der Waals surface area contributed by atoms with Crippen molar-refractivity contribution in [3.8, 4) is 17.2 Å². The first-order valence-corrected chi connectivity index (χ1v) is 10.0. The third kappa shape index (κ3) is 3.21. The number of para-hydroxylation sites is 1. The number of amides is 1. The maximum atomic E-state index is 12.4. The number of rotatable bonds is 3. The number of aromatic hydroxyl groups is 1. The minimum Gasteiger partial charge on any atom is -0.504 e. The first-order chi connectivity index (χ1) is 13.5. The van der Waals surface area contributed by atoms with Gasteiger partial charge in [-0.05, 0) is 36.8 Å². The molecule has 0 saturated carbocycles. The van der Waals surface area contributed by atoms with Gasteiger partial charge < -0.3 is 15.2 Å². The Morgan fingerprint density at radius 3 is 2.86 bits per heavy atom. The van der Waals surface area contributed by atoms with Gasteiger partial charge in [0.15, 0.2) is 11.5 Å². The summed E-state index contributed by atoms with van der Waals surface area (Å²) in [6.07, 6.45) is 0. The molecule has 144 valence electrons. The lowest BCUT2D eigenvalue weighted by atomic mass is 10.0. The summed E-state index contributed by atoms with van der Waals surface area (Å²) in [6.45, 7) is 1.91. The van der Waals surface area contributed by atoms with Gasteiger partial charge in [0.25, 0.3) is 0 Å². The van der Waals surface area contributed by atoms with E-state index in [1.807, 2.05) is 31.2 Å². The molecule has 1 aliphatic heterocycles. The predicted molar refractivity (Wildman–Crippen MR) is 111 cm³/mol. The van der Waals surface area contributed by atoms with Crippen molar-refractivity contribution >= 4 is 35.1 Å². The highest BCUT2D eigenvalue weighted by molar-refractivity contribution is 8.00. The number of anilines is 1. The molecule has 1 amide bonds. The molecule has 0 aliphatic carbocycles. The van der Waals surface area contributed by atoms with Crippen LogP contribution >= 0.6 is 23.4 Å². The van der Waals surface area contributed by atoms with E-state index >= 15 is 0 Å². The first kappa shape index (κ1) is 18.7. The molecule has 0 spiro atoms. The standard InChI is InChI=1S/C20H18ClN3O3S/c1-11-18-19(12-7-8-15(25)16(9-12)27-2)28-10-17(26)22-20(18)24(23-11)14-6-4-3-5-13(14)21/h3-9,19,25H,10H2,1-2H3,(H,22,26). The van der Waals surface area contributed by atoms with Crippen LogP contribution in [0.15, 0.2) is 42.5 Å². The number of benzene rings is 2. The van der Waals surface area contributed by atoms with E-state index in [-0.39, 0.29) is 16.9 Å². The molecule has 0 bridgehead atoms. The zero-order valence-corrected chi connectivity index (χ0v) is 16.8. The number of phenols is 1. The van der Waals surface area contributed by atoms with Crippen LogP contribution < -0.4 is 10.1 Å². The number of nitrogens with one attached hydrogen (secondary N) is 1. The lowest BCUT2D eigenvalue weighted by molar-refractivity contribution is -0.113. The van der Waals surface area contributed by atoms with Gasteiger partial charge in [-0.1, -0.05) is 29.8 Å². The molecule has 1 aliphatic rings. The fourth-order valence-corrected chi connectivity index (χ4v) is 4.70. The van der Waals surface area contributed by atoms with E-state index in [2.05, 4.69) is 10.4 Å². The van der Waals surface area contributed by atoms with Crippen molar-refractivity contribution in [2.75, 3.05) is 18.2 Å². The van der Waals surface area contributed by atoms with Crippen molar-refractivity contribution in [2.24, 2.45) is 0 Å². The fourth-order valence-electron chi connectivity index (χ4n) is 3.30. The number of thioether (sulfide) groups is 1. The molecule has 2 aromatic carbocycles. The Bertz CT molecular complexity index is 1070. The molecule has 2 heterocycles. The Hall–Kier alpha value is -2.64. The Labute approximate surface area is 171 Å². The van der Waals surface area contributed by atoms with Gasteiger partial charge in [0.2, 0.25) is 5.91 Å². The number of carbonyl (C=O) groups excluding carboxylic acids is 1. The van der Waals surface area contributed by atoms with E-state index in [0.29, 0.717) is 28.0 Å². The number of hydrogen-bond acceptors (Lipinski definition) is 5. The topological polar surface area (TPSA) is 76.4 Å². The first-order valence-electron chi connectivity index (χ1n) is 8.62. The van der Waals surface area contributed by atoms with Crippen LogP contribution in [0.2, 0.25) is 5.02 Å². The number of aromatic nitrogens is 2. The number of methoxy groups -OCH3 is 1. The molecule has 4 rings (SSSR count). The average molecular weight is 416 g/mol. The fraction of sp³-hybridized carbons (Fsp3) is 0.200. The van der Waals surface area contributed by atoms with E-state index in [4.69, 9.17) is 16.3 Å². The highest BCUT2D eigenvalue weighted by Crippen LogP contribution is 2.45.